The number of carbonyl (C=O) groups excluding carboxylic acids is 1. The largest absolute Gasteiger partial charge is 0.463 e. The van der Waals surface area contributed by atoms with E-state index >= 15 is 0 Å². The van der Waals surface area contributed by atoms with E-state index < -0.39 is 0 Å². The number of hydrogen-bond acceptors (Lipinski definition) is 4. The van der Waals surface area contributed by atoms with Crippen molar-refractivity contribution in [2.75, 3.05) is 39.3 Å². The smallest absolute Gasteiger partial charge is 0.330 e. The Morgan fingerprint density at radius 2 is 1.68 bits per heavy atom. The molecule has 0 radical (unpaired) electrons. The Kier molecular flexibility index (Phi) is 7.66. The van der Waals surface area contributed by atoms with Gasteiger partial charge in [0.05, 0.1) is 12.6 Å². The van der Waals surface area contributed by atoms with E-state index in [4.69, 9.17) is 16.3 Å². The number of halogens is 1. The van der Waals surface area contributed by atoms with Crippen molar-refractivity contribution in [3.63, 3.8) is 0 Å². The third-order valence-corrected chi connectivity index (χ3v) is 5.23. The fourth-order valence-electron chi connectivity index (χ4n) is 3.59. The van der Waals surface area contributed by atoms with Gasteiger partial charge in [0.1, 0.15) is 0 Å². The first-order chi connectivity index (χ1) is 13.7. The van der Waals surface area contributed by atoms with E-state index in [-0.39, 0.29) is 12.0 Å². The molecule has 1 atom stereocenters. The van der Waals surface area contributed by atoms with Gasteiger partial charge in [-0.2, -0.15) is 0 Å². The van der Waals surface area contributed by atoms with Crippen LogP contribution < -0.4 is 0 Å². The molecule has 2 aromatic carbocycles. The van der Waals surface area contributed by atoms with Crippen LogP contribution in [0.4, 0.5) is 0 Å². The lowest BCUT2D eigenvalue weighted by atomic mass is 9.96. The number of ether oxygens (including phenoxy) is 1. The summed E-state index contributed by atoms with van der Waals surface area (Å²) in [7, 11) is 0. The highest BCUT2D eigenvalue weighted by Crippen LogP contribution is 2.30. The predicted molar refractivity (Wildman–Crippen MR) is 114 cm³/mol. The summed E-state index contributed by atoms with van der Waals surface area (Å²) in [4.78, 5) is 16.3. The van der Waals surface area contributed by atoms with Crippen molar-refractivity contribution in [3.05, 3.63) is 82.9 Å². The Morgan fingerprint density at radius 3 is 2.32 bits per heavy atom. The average Bonchev–Trinajstić information content (AvgIpc) is 2.72. The molecule has 0 N–H and O–H groups in total. The molecule has 1 heterocycles. The van der Waals surface area contributed by atoms with Gasteiger partial charge >= 0.3 is 5.97 Å². The van der Waals surface area contributed by atoms with Crippen molar-refractivity contribution in [1.29, 1.82) is 0 Å². The second-order valence-electron chi connectivity index (χ2n) is 6.86. The zero-order chi connectivity index (χ0) is 19.8. The van der Waals surface area contributed by atoms with Crippen molar-refractivity contribution in [3.8, 4) is 0 Å². The molecule has 4 nitrogen and oxygen atoms in total. The van der Waals surface area contributed by atoms with Gasteiger partial charge in [0.2, 0.25) is 0 Å². The van der Waals surface area contributed by atoms with Gasteiger partial charge < -0.3 is 4.74 Å². The standard InChI is InChI=1S/C23H27ClN2O2/c1-2-28-22(27)9-6-14-25-15-17-26(18-16-25)23(19-7-4-3-5-8-19)20-10-12-21(24)13-11-20/h3-13,23H,2,14-18H2,1H3. The lowest BCUT2D eigenvalue weighted by Crippen LogP contribution is -2.47. The van der Waals surface area contributed by atoms with Crippen molar-refractivity contribution in [1.82, 2.24) is 9.80 Å². The Hall–Kier alpha value is -2.14. The fourth-order valence-corrected chi connectivity index (χ4v) is 3.71. The molecule has 1 saturated heterocycles. The van der Waals surface area contributed by atoms with Gasteiger partial charge in [0, 0.05) is 43.8 Å². The summed E-state index contributed by atoms with van der Waals surface area (Å²) in [6.45, 7) is 6.85. The van der Waals surface area contributed by atoms with E-state index in [2.05, 4.69) is 52.3 Å². The van der Waals surface area contributed by atoms with Gasteiger partial charge in [-0.05, 0) is 30.2 Å². The Labute approximate surface area is 172 Å². The van der Waals surface area contributed by atoms with Gasteiger partial charge in [-0.25, -0.2) is 4.79 Å². The molecule has 1 unspecified atom stereocenters. The van der Waals surface area contributed by atoms with Crippen LogP contribution in [0.3, 0.4) is 0 Å². The first-order valence-corrected chi connectivity index (χ1v) is 10.1. The van der Waals surface area contributed by atoms with E-state index in [1.807, 2.05) is 25.1 Å². The van der Waals surface area contributed by atoms with Crippen LogP contribution in [0.25, 0.3) is 0 Å². The highest BCUT2D eigenvalue weighted by molar-refractivity contribution is 6.30. The van der Waals surface area contributed by atoms with E-state index in [1.54, 1.807) is 0 Å². The van der Waals surface area contributed by atoms with Crippen molar-refractivity contribution >= 4 is 17.6 Å². The van der Waals surface area contributed by atoms with Crippen molar-refractivity contribution in [2.24, 2.45) is 0 Å². The summed E-state index contributed by atoms with van der Waals surface area (Å²) in [6, 6.07) is 19.0. The van der Waals surface area contributed by atoms with E-state index in [0.29, 0.717) is 6.61 Å². The van der Waals surface area contributed by atoms with Crippen LogP contribution in [0.15, 0.2) is 66.7 Å². The molecule has 148 valence electrons. The van der Waals surface area contributed by atoms with E-state index in [9.17, 15) is 4.79 Å². The Morgan fingerprint density at radius 1 is 1.04 bits per heavy atom. The minimum atomic E-state index is -0.270. The van der Waals surface area contributed by atoms with Crippen LogP contribution in [0.2, 0.25) is 5.02 Å². The molecular formula is C23H27ClN2O2. The van der Waals surface area contributed by atoms with Crippen LogP contribution in [0.5, 0.6) is 0 Å². The number of piperazine rings is 1. The normalized spacial score (nSPS) is 16.9. The summed E-state index contributed by atoms with van der Waals surface area (Å²) >= 11 is 6.10. The van der Waals surface area contributed by atoms with Crippen LogP contribution in [-0.2, 0) is 9.53 Å². The molecule has 0 spiro atoms. The first-order valence-electron chi connectivity index (χ1n) is 9.77. The number of carbonyl (C=O) groups is 1. The minimum Gasteiger partial charge on any atom is -0.463 e. The fraction of sp³-hybridized carbons (Fsp3) is 0.348. The number of rotatable bonds is 7. The van der Waals surface area contributed by atoms with Gasteiger partial charge in [0.25, 0.3) is 0 Å². The van der Waals surface area contributed by atoms with E-state index in [1.165, 1.54) is 17.2 Å². The zero-order valence-corrected chi connectivity index (χ0v) is 17.0. The molecule has 1 fully saturated rings. The van der Waals surface area contributed by atoms with Crippen LogP contribution >= 0.6 is 11.6 Å². The lowest BCUT2D eigenvalue weighted by Gasteiger charge is -2.39. The highest BCUT2D eigenvalue weighted by atomic mass is 35.5. The second-order valence-corrected chi connectivity index (χ2v) is 7.29. The number of hydrogen-bond donors (Lipinski definition) is 0. The Bertz CT molecular complexity index is 769. The average molecular weight is 399 g/mol. The molecule has 0 saturated carbocycles. The molecule has 2 aromatic rings. The van der Waals surface area contributed by atoms with Gasteiger partial charge in [-0.15, -0.1) is 0 Å². The van der Waals surface area contributed by atoms with Crippen molar-refractivity contribution in [2.45, 2.75) is 13.0 Å². The van der Waals surface area contributed by atoms with Crippen LogP contribution in [0, 0.1) is 0 Å². The molecule has 28 heavy (non-hydrogen) atoms. The molecule has 1 aliphatic heterocycles. The first kappa shape index (κ1) is 20.6. The molecule has 0 amide bonds. The monoisotopic (exact) mass is 398 g/mol. The Balaban J connectivity index is 1.65. The number of nitrogens with zero attached hydrogens (tertiary/aromatic N) is 2. The van der Waals surface area contributed by atoms with E-state index in [0.717, 1.165) is 37.7 Å². The molecule has 5 heteroatoms. The molecule has 3 rings (SSSR count). The molecule has 1 aliphatic rings. The summed E-state index contributed by atoms with van der Waals surface area (Å²) in [6.07, 6.45) is 3.41. The predicted octanol–water partition coefficient (Wildman–Crippen LogP) is 4.17. The van der Waals surface area contributed by atoms with Gasteiger partial charge in [-0.3, -0.25) is 9.80 Å². The van der Waals surface area contributed by atoms with Gasteiger partial charge in [0.15, 0.2) is 0 Å². The topological polar surface area (TPSA) is 32.8 Å². The number of esters is 1. The molecule has 0 aliphatic carbocycles. The maximum Gasteiger partial charge on any atom is 0.330 e. The van der Waals surface area contributed by atoms with Gasteiger partial charge in [-0.1, -0.05) is 60.1 Å². The molecule has 0 bridgehead atoms. The van der Waals surface area contributed by atoms with Crippen LogP contribution in [-0.4, -0.2) is 55.1 Å². The lowest BCUT2D eigenvalue weighted by molar-refractivity contribution is -0.137. The highest BCUT2D eigenvalue weighted by Gasteiger charge is 2.26. The van der Waals surface area contributed by atoms with Crippen molar-refractivity contribution < 1.29 is 9.53 Å². The second kappa shape index (κ2) is 10.4. The number of benzene rings is 2. The van der Waals surface area contributed by atoms with Crippen LogP contribution in [0.1, 0.15) is 24.1 Å². The zero-order valence-electron chi connectivity index (χ0n) is 16.3. The quantitative estimate of drug-likeness (QED) is 0.517. The minimum absolute atomic E-state index is 0.218. The maximum absolute atomic E-state index is 11.4. The maximum atomic E-state index is 11.4. The third kappa shape index (κ3) is 5.68. The molecule has 0 aromatic heterocycles. The summed E-state index contributed by atoms with van der Waals surface area (Å²) in [5.74, 6) is -0.270. The summed E-state index contributed by atoms with van der Waals surface area (Å²) in [5, 5.41) is 0.758. The summed E-state index contributed by atoms with van der Waals surface area (Å²) < 4.78 is 4.92. The molecular weight excluding hydrogens is 372 g/mol. The SMILES string of the molecule is CCOC(=O)C=CCN1CCN(C(c2ccccc2)c2ccc(Cl)cc2)CC1. The summed E-state index contributed by atoms with van der Waals surface area (Å²) in [5.41, 5.74) is 2.55. The third-order valence-electron chi connectivity index (χ3n) is 4.98.